The zero-order valence-corrected chi connectivity index (χ0v) is 10.3. The molecule has 0 radical (unpaired) electrons. The van der Waals surface area contributed by atoms with Crippen molar-refractivity contribution in [3.05, 3.63) is 17.8 Å². The smallest absolute Gasteiger partial charge is 0.300 e. The van der Waals surface area contributed by atoms with E-state index in [1.165, 1.54) is 6.20 Å². The van der Waals surface area contributed by atoms with Crippen molar-refractivity contribution in [1.82, 2.24) is 9.71 Å². The lowest BCUT2D eigenvalue weighted by atomic mass is 10.2. The molecule has 7 heteroatoms. The predicted molar refractivity (Wildman–Crippen MR) is 64.2 cm³/mol. The highest BCUT2D eigenvalue weighted by Gasteiger charge is 2.12. The summed E-state index contributed by atoms with van der Waals surface area (Å²) in [7, 11) is -3.57. The summed E-state index contributed by atoms with van der Waals surface area (Å²) in [6.45, 7) is 5.26. The number of aryl methyl sites for hydroxylation is 1. The van der Waals surface area contributed by atoms with Crippen LogP contribution in [0.2, 0.25) is 0 Å². The minimum absolute atomic E-state index is 0.174. The molecule has 4 N–H and O–H groups in total. The standard InChI is InChI=1S/C9H16N4O2S/c1-6(2)12-16(14,15)13-9-4-7(3)8(10)5-11-9/h4-6,12H,10H2,1-3H3,(H,11,13). The summed E-state index contributed by atoms with van der Waals surface area (Å²) in [5, 5.41) is 0. The number of hydrogen-bond donors (Lipinski definition) is 3. The Labute approximate surface area is 95.4 Å². The van der Waals surface area contributed by atoms with Crippen LogP contribution in [0.4, 0.5) is 11.5 Å². The molecule has 0 bridgehead atoms. The second-order valence-electron chi connectivity index (χ2n) is 3.80. The van der Waals surface area contributed by atoms with Crippen molar-refractivity contribution in [2.45, 2.75) is 26.8 Å². The van der Waals surface area contributed by atoms with Crippen LogP contribution in [0.1, 0.15) is 19.4 Å². The van der Waals surface area contributed by atoms with Gasteiger partial charge in [-0.25, -0.2) is 4.98 Å². The van der Waals surface area contributed by atoms with Gasteiger partial charge in [0.05, 0.1) is 11.9 Å². The first-order valence-electron chi connectivity index (χ1n) is 4.82. The molecule has 0 fully saturated rings. The lowest BCUT2D eigenvalue weighted by Gasteiger charge is -2.11. The first-order valence-corrected chi connectivity index (χ1v) is 6.30. The van der Waals surface area contributed by atoms with E-state index in [4.69, 9.17) is 5.73 Å². The molecule has 1 aromatic heterocycles. The van der Waals surface area contributed by atoms with Crippen molar-refractivity contribution < 1.29 is 8.42 Å². The average molecular weight is 244 g/mol. The lowest BCUT2D eigenvalue weighted by molar-refractivity contribution is 0.575. The van der Waals surface area contributed by atoms with Crippen LogP contribution in [0.25, 0.3) is 0 Å². The van der Waals surface area contributed by atoms with Crippen LogP contribution in [0.5, 0.6) is 0 Å². The molecule has 0 aliphatic carbocycles. The van der Waals surface area contributed by atoms with E-state index in [9.17, 15) is 8.42 Å². The summed E-state index contributed by atoms with van der Waals surface area (Å²) in [6, 6.07) is 1.40. The van der Waals surface area contributed by atoms with Gasteiger partial charge in [0.1, 0.15) is 5.82 Å². The van der Waals surface area contributed by atoms with Gasteiger partial charge in [0.2, 0.25) is 0 Å². The lowest BCUT2D eigenvalue weighted by Crippen LogP contribution is -2.35. The Morgan fingerprint density at radius 3 is 2.56 bits per heavy atom. The molecule has 6 nitrogen and oxygen atoms in total. The third kappa shape index (κ3) is 3.67. The number of rotatable bonds is 4. The monoisotopic (exact) mass is 244 g/mol. The fourth-order valence-corrected chi connectivity index (χ4v) is 2.17. The number of nitrogens with one attached hydrogen (secondary N) is 2. The number of anilines is 2. The van der Waals surface area contributed by atoms with Crippen LogP contribution in [-0.4, -0.2) is 19.4 Å². The predicted octanol–water partition coefficient (Wildman–Crippen LogP) is 0.627. The number of nitrogen functional groups attached to an aromatic ring is 1. The van der Waals surface area contributed by atoms with Gasteiger partial charge in [-0.15, -0.1) is 0 Å². The maximum Gasteiger partial charge on any atom is 0.300 e. The molecule has 16 heavy (non-hydrogen) atoms. The molecule has 0 atom stereocenters. The number of aromatic nitrogens is 1. The summed E-state index contributed by atoms with van der Waals surface area (Å²) in [5.41, 5.74) is 6.88. The molecular weight excluding hydrogens is 228 g/mol. The molecule has 0 aliphatic rings. The first kappa shape index (κ1) is 12.7. The molecule has 1 rings (SSSR count). The molecule has 0 aromatic carbocycles. The van der Waals surface area contributed by atoms with Gasteiger partial charge in [0.15, 0.2) is 0 Å². The number of hydrogen-bond acceptors (Lipinski definition) is 4. The molecular formula is C9H16N4O2S. The Hall–Kier alpha value is -1.34. The molecule has 0 saturated carbocycles. The largest absolute Gasteiger partial charge is 0.397 e. The summed E-state index contributed by atoms with van der Waals surface area (Å²) < 4.78 is 27.7. The molecule has 1 heterocycles. The highest BCUT2D eigenvalue weighted by Crippen LogP contribution is 2.13. The van der Waals surface area contributed by atoms with Gasteiger partial charge in [-0.2, -0.15) is 13.1 Å². The molecule has 90 valence electrons. The van der Waals surface area contributed by atoms with Gasteiger partial charge in [-0.3, -0.25) is 4.72 Å². The van der Waals surface area contributed by atoms with E-state index in [0.717, 1.165) is 5.56 Å². The summed E-state index contributed by atoms with van der Waals surface area (Å²) in [5.74, 6) is 0.250. The Morgan fingerprint density at radius 1 is 1.44 bits per heavy atom. The van der Waals surface area contributed by atoms with Gasteiger partial charge in [-0.1, -0.05) is 0 Å². The van der Waals surface area contributed by atoms with Crippen LogP contribution in [0, 0.1) is 6.92 Å². The summed E-state index contributed by atoms with van der Waals surface area (Å²) in [6.07, 6.45) is 1.42. The average Bonchev–Trinajstić information content (AvgIpc) is 2.08. The highest BCUT2D eigenvalue weighted by molar-refractivity contribution is 7.90. The molecule has 0 aliphatic heterocycles. The first-order chi connectivity index (χ1) is 7.30. The van der Waals surface area contributed by atoms with Gasteiger partial charge in [-0.05, 0) is 32.4 Å². The van der Waals surface area contributed by atoms with Gasteiger partial charge in [0.25, 0.3) is 10.2 Å². The topological polar surface area (TPSA) is 97.1 Å². The fraction of sp³-hybridized carbons (Fsp3) is 0.444. The number of nitrogens with zero attached hydrogens (tertiary/aromatic N) is 1. The van der Waals surface area contributed by atoms with Crippen LogP contribution in [-0.2, 0) is 10.2 Å². The molecule has 1 aromatic rings. The highest BCUT2D eigenvalue weighted by atomic mass is 32.2. The minimum atomic E-state index is -3.57. The van der Waals surface area contributed by atoms with Crippen LogP contribution >= 0.6 is 0 Å². The Bertz CT molecular complexity index is 470. The van der Waals surface area contributed by atoms with E-state index in [0.29, 0.717) is 5.69 Å². The van der Waals surface area contributed by atoms with E-state index >= 15 is 0 Å². The SMILES string of the molecule is Cc1cc(NS(=O)(=O)NC(C)C)ncc1N. The van der Waals surface area contributed by atoms with Crippen LogP contribution < -0.4 is 15.2 Å². The quantitative estimate of drug-likeness (QED) is 0.723. The van der Waals surface area contributed by atoms with E-state index in [2.05, 4.69) is 14.4 Å². The Kier molecular flexibility index (Phi) is 3.71. The van der Waals surface area contributed by atoms with E-state index in [-0.39, 0.29) is 11.9 Å². The third-order valence-electron chi connectivity index (χ3n) is 1.78. The maximum atomic E-state index is 11.5. The molecule has 0 unspecified atom stereocenters. The van der Waals surface area contributed by atoms with Crippen molar-refractivity contribution >= 4 is 21.7 Å². The minimum Gasteiger partial charge on any atom is -0.397 e. The number of nitrogens with two attached hydrogens (primary N) is 1. The number of pyridine rings is 1. The molecule has 0 spiro atoms. The van der Waals surface area contributed by atoms with Crippen molar-refractivity contribution in [2.24, 2.45) is 0 Å². The Balaban J connectivity index is 2.84. The molecule has 0 saturated heterocycles. The third-order valence-corrected chi connectivity index (χ3v) is 3.04. The fourth-order valence-electron chi connectivity index (χ4n) is 1.10. The van der Waals surface area contributed by atoms with E-state index in [1.54, 1.807) is 26.8 Å². The maximum absolute atomic E-state index is 11.5. The normalized spacial score (nSPS) is 11.8. The van der Waals surface area contributed by atoms with Crippen molar-refractivity contribution in [1.29, 1.82) is 0 Å². The van der Waals surface area contributed by atoms with E-state index in [1.807, 2.05) is 0 Å². The zero-order valence-electron chi connectivity index (χ0n) is 9.48. The van der Waals surface area contributed by atoms with Crippen molar-refractivity contribution in [2.75, 3.05) is 10.5 Å². The second kappa shape index (κ2) is 4.67. The Morgan fingerprint density at radius 2 is 2.06 bits per heavy atom. The second-order valence-corrected chi connectivity index (χ2v) is 5.25. The molecule has 0 amide bonds. The summed E-state index contributed by atoms with van der Waals surface area (Å²) in [4.78, 5) is 3.88. The van der Waals surface area contributed by atoms with Crippen LogP contribution in [0.3, 0.4) is 0 Å². The van der Waals surface area contributed by atoms with E-state index < -0.39 is 10.2 Å². The zero-order chi connectivity index (χ0) is 12.3. The van der Waals surface area contributed by atoms with Gasteiger partial charge in [0, 0.05) is 6.04 Å². The van der Waals surface area contributed by atoms with Crippen LogP contribution in [0.15, 0.2) is 12.3 Å². The van der Waals surface area contributed by atoms with Crippen molar-refractivity contribution in [3.8, 4) is 0 Å². The van der Waals surface area contributed by atoms with Gasteiger partial charge >= 0.3 is 0 Å². The van der Waals surface area contributed by atoms with Gasteiger partial charge < -0.3 is 5.73 Å². The summed E-state index contributed by atoms with van der Waals surface area (Å²) >= 11 is 0. The van der Waals surface area contributed by atoms with Crippen molar-refractivity contribution in [3.63, 3.8) is 0 Å².